The van der Waals surface area contributed by atoms with Crippen LogP contribution in [0, 0.1) is 0 Å². The first-order valence-corrected chi connectivity index (χ1v) is 17.7. The first-order chi connectivity index (χ1) is 22.9. The van der Waals surface area contributed by atoms with E-state index in [2.05, 4.69) is 19.9 Å². The van der Waals surface area contributed by atoms with Crippen molar-refractivity contribution in [2.75, 3.05) is 38.6 Å². The van der Waals surface area contributed by atoms with Gasteiger partial charge in [0.25, 0.3) is 5.56 Å². The number of carbonyl (C=O) groups excluding carboxylic acids is 1. The molecule has 2 aliphatic heterocycles. The number of methoxy groups -OCH3 is 1. The molecule has 3 aromatic rings. The third kappa shape index (κ3) is 7.90. The molecule has 20 nitrogen and oxygen atoms in total. The second-order valence-electron chi connectivity index (χ2n) is 11.1. The number of hydrogen-bond donors (Lipinski definition) is 4. The van der Waals surface area contributed by atoms with Crippen molar-refractivity contribution < 1.29 is 52.3 Å². The van der Waals surface area contributed by atoms with Crippen molar-refractivity contribution in [2.45, 2.75) is 69.2 Å². The minimum atomic E-state index is -4.41. The summed E-state index contributed by atoms with van der Waals surface area (Å²) < 4.78 is 56.4. The summed E-state index contributed by atoms with van der Waals surface area (Å²) in [5.41, 5.74) is 3.73. The Labute approximate surface area is 276 Å². The van der Waals surface area contributed by atoms with Gasteiger partial charge < -0.3 is 39.6 Å². The third-order valence-corrected chi connectivity index (χ3v) is 10.9. The minimum absolute atomic E-state index is 0.0929. The smallest absolute Gasteiger partial charge is 0.432 e. The standard InChI is InChI=1S/C26H36N7O13PS/c1-14(2)44-25(38)42-13-48-47(39,43-8-17-15(35)6-19(45-17)33-12-30-20-22(27)28-11-29-23(20)33)46-21-16(7-34)41-10-26(21,40-3)9-32-5-4-18(36)31-24(32)37/h4-5,11-12,14-17,19,21,34-35H,6-10,13H2,1-3H3,(H2,27,28,29)(H,31,36,37)/t15?,16-,17-,19?,21?,26?,47+/m1/s1. The Morgan fingerprint density at radius 1 is 1.29 bits per heavy atom. The zero-order valence-corrected chi connectivity index (χ0v) is 27.8. The van der Waals surface area contributed by atoms with Crippen molar-refractivity contribution >= 4 is 41.3 Å². The summed E-state index contributed by atoms with van der Waals surface area (Å²) in [6.07, 6.45) is -2.74. The molecule has 2 aliphatic rings. The van der Waals surface area contributed by atoms with Gasteiger partial charge in [-0.05, 0) is 13.8 Å². The van der Waals surface area contributed by atoms with Gasteiger partial charge in [-0.25, -0.2) is 29.1 Å². The molecule has 5 N–H and O–H groups in total. The van der Waals surface area contributed by atoms with Gasteiger partial charge in [0.1, 0.15) is 42.0 Å². The number of aliphatic hydroxyl groups excluding tert-OH is 2. The Kier molecular flexibility index (Phi) is 11.2. The molecule has 22 heteroatoms. The second kappa shape index (κ2) is 15.0. The molecule has 2 saturated heterocycles. The molecule has 7 atom stereocenters. The molecular formula is C26H36N7O13PS. The van der Waals surface area contributed by atoms with Crippen molar-refractivity contribution in [2.24, 2.45) is 0 Å². The Balaban J connectivity index is 1.36. The molecule has 0 bridgehead atoms. The molecule has 0 spiro atoms. The van der Waals surface area contributed by atoms with Crippen LogP contribution in [0.2, 0.25) is 0 Å². The SMILES string of the molecule is COC1(Cn2ccc(=O)[nH]c2=O)CO[C@H](CO)C1O[P@](=O)(OC[C@H]1OC(n2cnc3c(N)ncnc32)CC1O)SCOC(=O)OC(C)C. The summed E-state index contributed by atoms with van der Waals surface area (Å²) in [6.45, 7) is -2.70. The first kappa shape index (κ1) is 35.9. The van der Waals surface area contributed by atoms with Gasteiger partial charge in [-0.2, -0.15) is 0 Å². The second-order valence-corrected chi connectivity index (χ2v) is 15.1. The van der Waals surface area contributed by atoms with Gasteiger partial charge in [0.05, 0.1) is 44.9 Å². The van der Waals surface area contributed by atoms with Gasteiger partial charge in [-0.15, -0.1) is 0 Å². The van der Waals surface area contributed by atoms with Crippen LogP contribution in [0.4, 0.5) is 10.6 Å². The predicted octanol–water partition coefficient (Wildman–Crippen LogP) is 0.146. The molecule has 0 amide bonds. The average Bonchev–Trinajstić information content (AvgIpc) is 3.73. The Bertz CT molecular complexity index is 1750. The van der Waals surface area contributed by atoms with E-state index in [1.807, 2.05) is 0 Å². The van der Waals surface area contributed by atoms with Gasteiger partial charge in [0.2, 0.25) is 0 Å². The largest absolute Gasteiger partial charge is 0.509 e. The fourth-order valence-electron chi connectivity index (χ4n) is 5.19. The number of rotatable bonds is 14. The average molecular weight is 718 g/mol. The van der Waals surface area contributed by atoms with Crippen LogP contribution >= 0.6 is 18.2 Å². The lowest BCUT2D eigenvalue weighted by Crippen LogP contribution is -2.52. The van der Waals surface area contributed by atoms with E-state index in [4.69, 9.17) is 38.5 Å². The summed E-state index contributed by atoms with van der Waals surface area (Å²) >= 11 is 0.484. The molecule has 0 radical (unpaired) electrons. The third-order valence-electron chi connectivity index (χ3n) is 7.58. The fourth-order valence-corrected chi connectivity index (χ4v) is 8.01. The van der Waals surface area contributed by atoms with Crippen molar-refractivity contribution in [1.82, 2.24) is 29.1 Å². The van der Waals surface area contributed by atoms with E-state index in [1.165, 1.54) is 26.0 Å². The number of nitrogens with two attached hydrogens (primary N) is 1. The number of H-pyrrole nitrogens is 1. The zero-order chi connectivity index (χ0) is 34.6. The first-order valence-electron chi connectivity index (χ1n) is 14.6. The molecule has 3 aromatic heterocycles. The van der Waals surface area contributed by atoms with Crippen LogP contribution in [-0.4, -0.2) is 114 Å². The molecule has 5 rings (SSSR count). The number of aromatic amines is 1. The van der Waals surface area contributed by atoms with Crippen LogP contribution < -0.4 is 17.0 Å². The number of hydrogen-bond acceptors (Lipinski definition) is 18. The number of anilines is 1. The Morgan fingerprint density at radius 3 is 2.79 bits per heavy atom. The summed E-state index contributed by atoms with van der Waals surface area (Å²) in [7, 11) is 1.31. The number of fused-ring (bicyclic) bond motifs is 1. The number of aliphatic hydroxyl groups is 2. The van der Waals surface area contributed by atoms with Crippen LogP contribution in [-0.2, 0) is 43.8 Å². The van der Waals surface area contributed by atoms with Gasteiger partial charge in [0, 0.05) is 37.2 Å². The van der Waals surface area contributed by atoms with Crippen LogP contribution in [0.25, 0.3) is 11.2 Å². The number of imidazole rings is 1. The van der Waals surface area contributed by atoms with Crippen LogP contribution in [0.1, 0.15) is 26.5 Å². The summed E-state index contributed by atoms with van der Waals surface area (Å²) in [5.74, 6) is -0.375. The highest BCUT2D eigenvalue weighted by Crippen LogP contribution is 2.63. The number of nitrogens with zero attached hydrogens (tertiary/aromatic N) is 5. The normalized spacial score (nSPS) is 27.0. The number of aromatic nitrogens is 6. The zero-order valence-electron chi connectivity index (χ0n) is 26.1. The van der Waals surface area contributed by atoms with Crippen molar-refractivity contribution in [3.8, 4) is 0 Å². The molecule has 4 unspecified atom stereocenters. The minimum Gasteiger partial charge on any atom is -0.432 e. The van der Waals surface area contributed by atoms with E-state index in [0.29, 0.717) is 22.5 Å². The predicted molar refractivity (Wildman–Crippen MR) is 166 cm³/mol. The highest BCUT2D eigenvalue weighted by atomic mass is 32.7. The van der Waals surface area contributed by atoms with Crippen LogP contribution in [0.5, 0.6) is 0 Å². The lowest BCUT2D eigenvalue weighted by atomic mass is 9.96. The summed E-state index contributed by atoms with van der Waals surface area (Å²) in [6, 6.07) is 1.13. The maximum Gasteiger partial charge on any atom is 0.509 e. The van der Waals surface area contributed by atoms with Crippen molar-refractivity contribution in [3.05, 3.63) is 45.8 Å². The number of ether oxygens (including phenoxy) is 5. The highest BCUT2D eigenvalue weighted by Gasteiger charge is 2.55. The summed E-state index contributed by atoms with van der Waals surface area (Å²) in [5, 5.41) is 21.0. The number of nitrogens with one attached hydrogen (secondary N) is 1. The van der Waals surface area contributed by atoms with Crippen LogP contribution in [0.3, 0.4) is 0 Å². The topological polar surface area (TPSA) is 264 Å². The van der Waals surface area contributed by atoms with Gasteiger partial charge in [0.15, 0.2) is 17.4 Å². The monoisotopic (exact) mass is 717 g/mol. The van der Waals surface area contributed by atoms with E-state index in [0.717, 1.165) is 10.6 Å². The maximum atomic E-state index is 14.4. The van der Waals surface area contributed by atoms with E-state index in [1.54, 1.807) is 18.4 Å². The Hall–Kier alpha value is -3.40. The van der Waals surface area contributed by atoms with E-state index < -0.39 is 85.7 Å². The lowest BCUT2D eigenvalue weighted by molar-refractivity contribution is -0.0876. The van der Waals surface area contributed by atoms with E-state index >= 15 is 0 Å². The molecule has 264 valence electrons. The molecule has 0 aliphatic carbocycles. The molecule has 5 heterocycles. The Morgan fingerprint density at radius 2 is 2.08 bits per heavy atom. The molecule has 0 aromatic carbocycles. The summed E-state index contributed by atoms with van der Waals surface area (Å²) in [4.78, 5) is 50.6. The number of carbonyl (C=O) groups is 1. The molecule has 0 saturated carbocycles. The van der Waals surface area contributed by atoms with E-state index in [9.17, 15) is 29.2 Å². The molecule has 48 heavy (non-hydrogen) atoms. The van der Waals surface area contributed by atoms with Gasteiger partial charge in [-0.1, -0.05) is 0 Å². The van der Waals surface area contributed by atoms with Gasteiger partial charge >= 0.3 is 18.6 Å². The quantitative estimate of drug-likeness (QED) is 0.0982. The highest BCUT2D eigenvalue weighted by molar-refractivity contribution is 8.55. The van der Waals surface area contributed by atoms with Crippen molar-refractivity contribution in [3.63, 3.8) is 0 Å². The fraction of sp³-hybridized carbons (Fsp3) is 0.615. The molecule has 2 fully saturated rings. The number of nitrogen functional groups attached to an aromatic ring is 1. The van der Waals surface area contributed by atoms with Gasteiger partial charge in [-0.3, -0.25) is 28.0 Å². The van der Waals surface area contributed by atoms with Crippen LogP contribution in [0.15, 0.2) is 34.5 Å². The van der Waals surface area contributed by atoms with Crippen molar-refractivity contribution in [1.29, 1.82) is 0 Å². The molecular weight excluding hydrogens is 681 g/mol. The lowest BCUT2D eigenvalue weighted by Gasteiger charge is -2.35. The maximum absolute atomic E-state index is 14.4. The van der Waals surface area contributed by atoms with E-state index in [-0.39, 0.29) is 25.4 Å².